The molecule has 2 fully saturated rings. The number of piperazine rings is 1. The predicted octanol–water partition coefficient (Wildman–Crippen LogP) is 3.01. The van der Waals surface area contributed by atoms with E-state index >= 15 is 0 Å². The van der Waals surface area contributed by atoms with Gasteiger partial charge >= 0.3 is 0 Å². The fourth-order valence-corrected chi connectivity index (χ4v) is 4.49. The number of nitrogens with zero attached hydrogens (tertiary/aromatic N) is 3. The van der Waals surface area contributed by atoms with Crippen molar-refractivity contribution in [1.29, 1.82) is 0 Å². The molecule has 0 saturated carbocycles. The SMILES string of the molecule is OC(CN1CCN(c2ccccc2)CC1)CN1CCOC(c2ccc(Br)cc2)C1. The number of β-amino-alcohol motifs (C(OH)–C–C–N with tert-alkyl or cyclic N) is 1. The van der Waals surface area contributed by atoms with Crippen LogP contribution in [0.25, 0.3) is 0 Å². The Morgan fingerprint density at radius 3 is 2.31 bits per heavy atom. The van der Waals surface area contributed by atoms with Gasteiger partial charge in [-0.25, -0.2) is 0 Å². The number of para-hydroxylation sites is 1. The van der Waals surface area contributed by atoms with E-state index in [1.165, 1.54) is 11.3 Å². The molecule has 2 heterocycles. The van der Waals surface area contributed by atoms with E-state index in [9.17, 15) is 5.11 Å². The third-order valence-corrected chi connectivity index (χ3v) is 6.35. The maximum Gasteiger partial charge on any atom is 0.0952 e. The average molecular weight is 460 g/mol. The second-order valence-corrected chi connectivity index (χ2v) is 8.86. The van der Waals surface area contributed by atoms with Crippen LogP contribution in [0.5, 0.6) is 0 Å². The summed E-state index contributed by atoms with van der Waals surface area (Å²) in [7, 11) is 0. The second-order valence-electron chi connectivity index (χ2n) is 7.95. The Hall–Kier alpha value is -1.44. The van der Waals surface area contributed by atoms with Crippen LogP contribution in [0.3, 0.4) is 0 Å². The minimum absolute atomic E-state index is 0.0819. The summed E-state index contributed by atoms with van der Waals surface area (Å²) in [6, 6.07) is 18.9. The van der Waals surface area contributed by atoms with Crippen LogP contribution in [0.2, 0.25) is 0 Å². The van der Waals surface area contributed by atoms with Crippen molar-refractivity contribution < 1.29 is 9.84 Å². The zero-order valence-corrected chi connectivity index (χ0v) is 18.4. The highest BCUT2D eigenvalue weighted by molar-refractivity contribution is 9.10. The van der Waals surface area contributed by atoms with E-state index in [1.54, 1.807) is 0 Å². The van der Waals surface area contributed by atoms with Gasteiger partial charge in [0.15, 0.2) is 0 Å². The molecule has 0 bridgehead atoms. The molecule has 6 heteroatoms. The number of ether oxygens (including phenoxy) is 1. The largest absolute Gasteiger partial charge is 0.390 e. The zero-order valence-electron chi connectivity index (χ0n) is 16.8. The quantitative estimate of drug-likeness (QED) is 0.718. The van der Waals surface area contributed by atoms with Crippen LogP contribution < -0.4 is 4.90 Å². The molecule has 1 N–H and O–H groups in total. The monoisotopic (exact) mass is 459 g/mol. The van der Waals surface area contributed by atoms with Crippen LogP contribution >= 0.6 is 15.9 Å². The molecule has 2 aromatic carbocycles. The van der Waals surface area contributed by atoms with Gasteiger partial charge in [0.2, 0.25) is 0 Å². The predicted molar refractivity (Wildman–Crippen MR) is 120 cm³/mol. The number of morpholine rings is 1. The van der Waals surface area contributed by atoms with Gasteiger partial charge in [-0.2, -0.15) is 0 Å². The summed E-state index contributed by atoms with van der Waals surface area (Å²) >= 11 is 3.49. The van der Waals surface area contributed by atoms with Crippen molar-refractivity contribution in [2.75, 3.05) is 63.9 Å². The van der Waals surface area contributed by atoms with E-state index in [0.29, 0.717) is 13.2 Å². The number of benzene rings is 2. The number of anilines is 1. The molecular formula is C23H30BrN3O2. The summed E-state index contributed by atoms with van der Waals surface area (Å²) in [6.45, 7) is 7.89. The van der Waals surface area contributed by atoms with Crippen LogP contribution in [0.15, 0.2) is 59.1 Å². The Kier molecular flexibility index (Phi) is 7.21. The van der Waals surface area contributed by atoms with Crippen molar-refractivity contribution in [3.8, 4) is 0 Å². The highest BCUT2D eigenvalue weighted by atomic mass is 79.9. The van der Waals surface area contributed by atoms with Crippen molar-refractivity contribution in [3.05, 3.63) is 64.6 Å². The number of aliphatic hydroxyl groups is 1. The smallest absolute Gasteiger partial charge is 0.0952 e. The second kappa shape index (κ2) is 10.0. The normalized spacial score (nSPS) is 22.6. The van der Waals surface area contributed by atoms with Gasteiger partial charge in [-0.3, -0.25) is 9.80 Å². The first kappa shape index (κ1) is 20.8. The fraction of sp³-hybridized carbons (Fsp3) is 0.478. The Balaban J connectivity index is 1.22. The summed E-state index contributed by atoms with van der Waals surface area (Å²) in [4.78, 5) is 7.14. The molecule has 0 aromatic heterocycles. The molecule has 29 heavy (non-hydrogen) atoms. The van der Waals surface area contributed by atoms with Crippen LogP contribution in [0.4, 0.5) is 5.69 Å². The molecule has 5 nitrogen and oxygen atoms in total. The number of hydrogen-bond donors (Lipinski definition) is 1. The van der Waals surface area contributed by atoms with Crippen LogP contribution in [-0.2, 0) is 4.74 Å². The first-order valence-corrected chi connectivity index (χ1v) is 11.3. The van der Waals surface area contributed by atoms with E-state index in [4.69, 9.17) is 4.74 Å². The molecule has 2 aliphatic rings. The molecule has 0 amide bonds. The van der Waals surface area contributed by atoms with E-state index in [-0.39, 0.29) is 12.2 Å². The lowest BCUT2D eigenvalue weighted by Crippen LogP contribution is -2.51. The molecular weight excluding hydrogens is 430 g/mol. The van der Waals surface area contributed by atoms with Crippen LogP contribution in [0, 0.1) is 0 Å². The van der Waals surface area contributed by atoms with E-state index < -0.39 is 0 Å². The molecule has 2 aromatic rings. The van der Waals surface area contributed by atoms with Gasteiger partial charge < -0.3 is 14.7 Å². The first-order valence-electron chi connectivity index (χ1n) is 10.5. The van der Waals surface area contributed by atoms with Crippen LogP contribution in [0.1, 0.15) is 11.7 Å². The highest BCUT2D eigenvalue weighted by Gasteiger charge is 2.25. The Bertz CT molecular complexity index is 750. The molecule has 2 aliphatic heterocycles. The van der Waals surface area contributed by atoms with Gasteiger partial charge in [0.05, 0.1) is 18.8 Å². The Morgan fingerprint density at radius 2 is 1.59 bits per heavy atom. The summed E-state index contributed by atoms with van der Waals surface area (Å²) in [5.41, 5.74) is 2.49. The number of hydrogen-bond acceptors (Lipinski definition) is 5. The van der Waals surface area contributed by atoms with Gasteiger partial charge in [0, 0.05) is 62.5 Å². The summed E-state index contributed by atoms with van der Waals surface area (Å²) < 4.78 is 7.05. The van der Waals surface area contributed by atoms with Gasteiger partial charge in [0.1, 0.15) is 0 Å². The maximum absolute atomic E-state index is 10.7. The van der Waals surface area contributed by atoms with Crippen molar-refractivity contribution >= 4 is 21.6 Å². The lowest BCUT2D eigenvalue weighted by Gasteiger charge is -2.38. The van der Waals surface area contributed by atoms with Gasteiger partial charge in [0.25, 0.3) is 0 Å². The first-order chi connectivity index (χ1) is 14.2. The summed E-state index contributed by atoms with van der Waals surface area (Å²) in [6.07, 6.45) is -0.250. The van der Waals surface area contributed by atoms with E-state index in [1.807, 2.05) is 0 Å². The fourth-order valence-electron chi connectivity index (χ4n) is 4.23. The van der Waals surface area contributed by atoms with Gasteiger partial charge in [-0.05, 0) is 29.8 Å². The minimum Gasteiger partial charge on any atom is -0.390 e. The highest BCUT2D eigenvalue weighted by Crippen LogP contribution is 2.24. The zero-order chi connectivity index (χ0) is 20.1. The lowest BCUT2D eigenvalue weighted by molar-refractivity contribution is -0.0450. The number of aliphatic hydroxyl groups excluding tert-OH is 1. The molecule has 4 rings (SSSR count). The molecule has 0 aliphatic carbocycles. The number of halogens is 1. The Labute approximate surface area is 182 Å². The molecule has 2 saturated heterocycles. The minimum atomic E-state index is -0.332. The van der Waals surface area contributed by atoms with Crippen molar-refractivity contribution in [2.24, 2.45) is 0 Å². The van der Waals surface area contributed by atoms with Crippen LogP contribution in [-0.4, -0.2) is 80.0 Å². The molecule has 156 valence electrons. The molecule has 0 radical (unpaired) electrons. The van der Waals surface area contributed by atoms with E-state index in [2.05, 4.69) is 85.2 Å². The third kappa shape index (κ3) is 5.80. The Morgan fingerprint density at radius 1 is 0.897 bits per heavy atom. The van der Waals surface area contributed by atoms with Gasteiger partial charge in [-0.1, -0.05) is 46.3 Å². The number of rotatable bonds is 6. The van der Waals surface area contributed by atoms with Crippen molar-refractivity contribution in [1.82, 2.24) is 9.80 Å². The standard InChI is InChI=1S/C23H30BrN3O2/c24-20-8-6-19(7-9-20)23-18-26(14-15-29-23)17-22(28)16-25-10-12-27(13-11-25)21-4-2-1-3-5-21/h1-9,22-23,28H,10-18H2. The van der Waals surface area contributed by atoms with Crippen molar-refractivity contribution in [2.45, 2.75) is 12.2 Å². The maximum atomic E-state index is 10.7. The third-order valence-electron chi connectivity index (χ3n) is 5.82. The average Bonchev–Trinajstić information content (AvgIpc) is 2.75. The molecule has 2 atom stereocenters. The molecule has 0 spiro atoms. The van der Waals surface area contributed by atoms with Gasteiger partial charge in [-0.15, -0.1) is 0 Å². The summed E-state index contributed by atoms with van der Waals surface area (Å²) in [5.74, 6) is 0. The lowest BCUT2D eigenvalue weighted by atomic mass is 10.1. The molecule has 2 unspecified atom stereocenters. The van der Waals surface area contributed by atoms with E-state index in [0.717, 1.165) is 50.3 Å². The topological polar surface area (TPSA) is 39.2 Å². The van der Waals surface area contributed by atoms with Crippen molar-refractivity contribution in [3.63, 3.8) is 0 Å². The summed E-state index contributed by atoms with van der Waals surface area (Å²) in [5, 5.41) is 10.7.